The molecule has 1 saturated carbocycles. The van der Waals surface area contributed by atoms with E-state index < -0.39 is 5.97 Å². The monoisotopic (exact) mass is 254 g/mol. The Balaban J connectivity index is 1.74. The van der Waals surface area contributed by atoms with Crippen LogP contribution in [0.1, 0.15) is 32.1 Å². The number of hydrogen-bond acceptors (Lipinski definition) is 3. The number of nitrogens with zero attached hydrogens (tertiary/aromatic N) is 1. The second-order valence-corrected chi connectivity index (χ2v) is 5.57. The van der Waals surface area contributed by atoms with Gasteiger partial charge in [-0.3, -0.25) is 9.59 Å². The van der Waals surface area contributed by atoms with Gasteiger partial charge in [0.2, 0.25) is 5.91 Å². The van der Waals surface area contributed by atoms with Crippen LogP contribution in [-0.4, -0.2) is 48.1 Å². The Morgan fingerprint density at radius 3 is 2.56 bits per heavy atom. The van der Waals surface area contributed by atoms with Crippen molar-refractivity contribution in [3.63, 3.8) is 0 Å². The summed E-state index contributed by atoms with van der Waals surface area (Å²) >= 11 is 0. The zero-order valence-corrected chi connectivity index (χ0v) is 10.9. The molecule has 0 bridgehead atoms. The van der Waals surface area contributed by atoms with Crippen molar-refractivity contribution >= 4 is 11.9 Å². The maximum atomic E-state index is 12.0. The topological polar surface area (TPSA) is 69.6 Å². The van der Waals surface area contributed by atoms with E-state index in [2.05, 4.69) is 17.3 Å². The molecule has 3 atom stereocenters. The van der Waals surface area contributed by atoms with Crippen LogP contribution in [-0.2, 0) is 9.59 Å². The maximum absolute atomic E-state index is 12.0. The van der Waals surface area contributed by atoms with Gasteiger partial charge in [-0.25, -0.2) is 0 Å². The van der Waals surface area contributed by atoms with Gasteiger partial charge in [-0.1, -0.05) is 0 Å². The van der Waals surface area contributed by atoms with Gasteiger partial charge in [0, 0.05) is 18.5 Å². The number of likely N-dealkylation sites (tertiary alicyclic amines) is 1. The molecule has 0 spiro atoms. The Morgan fingerprint density at radius 2 is 2.00 bits per heavy atom. The quantitative estimate of drug-likeness (QED) is 0.774. The van der Waals surface area contributed by atoms with E-state index in [-0.39, 0.29) is 17.7 Å². The van der Waals surface area contributed by atoms with Crippen LogP contribution in [0.15, 0.2) is 0 Å². The molecule has 0 aromatic carbocycles. The van der Waals surface area contributed by atoms with Gasteiger partial charge in [0.25, 0.3) is 0 Å². The largest absolute Gasteiger partial charge is 0.481 e. The number of hydrogen-bond donors (Lipinski definition) is 2. The molecule has 5 nitrogen and oxygen atoms in total. The molecule has 2 N–H and O–H groups in total. The van der Waals surface area contributed by atoms with Crippen molar-refractivity contribution < 1.29 is 14.7 Å². The van der Waals surface area contributed by atoms with Crippen molar-refractivity contribution in [2.24, 2.45) is 11.8 Å². The van der Waals surface area contributed by atoms with Gasteiger partial charge < -0.3 is 15.3 Å². The van der Waals surface area contributed by atoms with Gasteiger partial charge in [0.05, 0.1) is 5.92 Å². The van der Waals surface area contributed by atoms with Crippen molar-refractivity contribution in [1.29, 1.82) is 0 Å². The third-order valence-electron chi connectivity index (χ3n) is 4.34. The fourth-order valence-electron chi connectivity index (χ4n) is 3.04. The number of rotatable bonds is 4. The lowest BCUT2D eigenvalue weighted by atomic mass is 10.0. The van der Waals surface area contributed by atoms with Gasteiger partial charge in [0.1, 0.15) is 0 Å². The molecule has 3 unspecified atom stereocenters. The number of carboxylic acids is 1. The number of likely N-dealkylation sites (N-methyl/N-ethyl adjacent to an activating group) is 1. The maximum Gasteiger partial charge on any atom is 0.306 e. The minimum Gasteiger partial charge on any atom is -0.481 e. The molecule has 0 aromatic heterocycles. The van der Waals surface area contributed by atoms with Crippen LogP contribution >= 0.6 is 0 Å². The van der Waals surface area contributed by atoms with Crippen molar-refractivity contribution in [2.45, 2.75) is 38.1 Å². The summed E-state index contributed by atoms with van der Waals surface area (Å²) in [7, 11) is 2.08. The van der Waals surface area contributed by atoms with Crippen LogP contribution < -0.4 is 5.32 Å². The van der Waals surface area contributed by atoms with Gasteiger partial charge in [0.15, 0.2) is 0 Å². The minimum atomic E-state index is -0.763. The molecule has 1 aliphatic carbocycles. The number of aliphatic carboxylic acids is 1. The summed E-state index contributed by atoms with van der Waals surface area (Å²) in [6, 6.07) is 0.450. The van der Waals surface area contributed by atoms with E-state index in [4.69, 9.17) is 5.11 Å². The highest BCUT2D eigenvalue weighted by molar-refractivity contribution is 5.80. The molecule has 1 saturated heterocycles. The summed E-state index contributed by atoms with van der Waals surface area (Å²) in [5.41, 5.74) is 0. The van der Waals surface area contributed by atoms with Crippen molar-refractivity contribution in [1.82, 2.24) is 10.2 Å². The first-order valence-electron chi connectivity index (χ1n) is 6.78. The number of carbonyl (C=O) groups is 2. The molecule has 5 heteroatoms. The first kappa shape index (κ1) is 13.3. The molecule has 0 aromatic rings. The lowest BCUT2D eigenvalue weighted by Gasteiger charge is -2.20. The first-order chi connectivity index (χ1) is 8.58. The second-order valence-electron chi connectivity index (χ2n) is 5.57. The number of amides is 1. The fourth-order valence-corrected chi connectivity index (χ4v) is 3.04. The Morgan fingerprint density at radius 1 is 1.28 bits per heavy atom. The summed E-state index contributed by atoms with van der Waals surface area (Å²) in [6.07, 6.45) is 4.18. The lowest BCUT2D eigenvalue weighted by Crippen LogP contribution is -2.40. The fraction of sp³-hybridized carbons (Fsp3) is 0.846. The predicted molar refractivity (Wildman–Crippen MR) is 67.1 cm³/mol. The van der Waals surface area contributed by atoms with E-state index in [0.29, 0.717) is 31.8 Å². The average Bonchev–Trinajstić information content (AvgIpc) is 2.94. The van der Waals surface area contributed by atoms with Crippen LogP contribution in [0.4, 0.5) is 0 Å². The molecule has 2 aliphatic rings. The van der Waals surface area contributed by atoms with E-state index in [1.54, 1.807) is 0 Å². The van der Waals surface area contributed by atoms with Gasteiger partial charge in [-0.15, -0.1) is 0 Å². The third kappa shape index (κ3) is 3.02. The van der Waals surface area contributed by atoms with Gasteiger partial charge in [-0.2, -0.15) is 0 Å². The molecule has 2 rings (SSSR count). The standard InChI is InChI=1S/C13H22N2O3/c1-15-6-2-3-11(15)8-14-12(16)9-4-5-10(7-9)13(17)18/h9-11H,2-8H2,1H3,(H,14,16)(H,17,18). The van der Waals surface area contributed by atoms with E-state index in [9.17, 15) is 9.59 Å². The summed E-state index contributed by atoms with van der Waals surface area (Å²) in [5, 5.41) is 11.9. The highest BCUT2D eigenvalue weighted by Gasteiger charge is 2.34. The van der Waals surface area contributed by atoms with Crippen LogP contribution in [0.5, 0.6) is 0 Å². The van der Waals surface area contributed by atoms with Crippen LogP contribution in [0, 0.1) is 11.8 Å². The smallest absolute Gasteiger partial charge is 0.306 e. The molecule has 1 amide bonds. The lowest BCUT2D eigenvalue weighted by molar-refractivity contribution is -0.141. The number of nitrogens with one attached hydrogen (secondary N) is 1. The van der Waals surface area contributed by atoms with E-state index in [0.717, 1.165) is 13.0 Å². The van der Waals surface area contributed by atoms with Crippen molar-refractivity contribution in [2.75, 3.05) is 20.1 Å². The van der Waals surface area contributed by atoms with E-state index in [1.807, 2.05) is 0 Å². The molecule has 102 valence electrons. The van der Waals surface area contributed by atoms with E-state index >= 15 is 0 Å². The molecular weight excluding hydrogens is 232 g/mol. The van der Waals surface area contributed by atoms with Crippen molar-refractivity contribution in [3.8, 4) is 0 Å². The van der Waals surface area contributed by atoms with Gasteiger partial charge >= 0.3 is 5.97 Å². The Kier molecular flexibility index (Phi) is 4.22. The van der Waals surface area contributed by atoms with Crippen LogP contribution in [0.3, 0.4) is 0 Å². The zero-order valence-electron chi connectivity index (χ0n) is 10.9. The van der Waals surface area contributed by atoms with Crippen LogP contribution in [0.25, 0.3) is 0 Å². The van der Waals surface area contributed by atoms with E-state index in [1.165, 1.54) is 6.42 Å². The molecule has 1 aliphatic heterocycles. The summed E-state index contributed by atoms with van der Waals surface area (Å²) in [6.45, 7) is 1.80. The Labute approximate surface area is 108 Å². The van der Waals surface area contributed by atoms with Gasteiger partial charge in [-0.05, 0) is 45.7 Å². The average molecular weight is 254 g/mol. The number of carbonyl (C=O) groups excluding carboxylic acids is 1. The Hall–Kier alpha value is -1.10. The molecule has 1 heterocycles. The normalized spacial score (nSPS) is 32.6. The predicted octanol–water partition coefficient (Wildman–Crippen LogP) is 0.698. The molecule has 2 fully saturated rings. The third-order valence-corrected chi connectivity index (χ3v) is 4.34. The first-order valence-corrected chi connectivity index (χ1v) is 6.78. The summed E-state index contributed by atoms with van der Waals surface area (Å²) < 4.78 is 0. The molecule has 0 radical (unpaired) electrons. The van der Waals surface area contributed by atoms with Crippen LogP contribution in [0.2, 0.25) is 0 Å². The number of carboxylic acid groups (broad SMARTS) is 1. The molecular formula is C13H22N2O3. The minimum absolute atomic E-state index is 0.0408. The molecule has 18 heavy (non-hydrogen) atoms. The highest BCUT2D eigenvalue weighted by Crippen LogP contribution is 2.31. The summed E-state index contributed by atoms with van der Waals surface area (Å²) in [4.78, 5) is 25.1. The highest BCUT2D eigenvalue weighted by atomic mass is 16.4. The Bertz CT molecular complexity index is 332. The van der Waals surface area contributed by atoms with Crippen molar-refractivity contribution in [3.05, 3.63) is 0 Å². The second kappa shape index (κ2) is 5.69. The zero-order chi connectivity index (χ0) is 13.1. The summed E-state index contributed by atoms with van der Waals surface area (Å²) in [5.74, 6) is -1.15. The SMILES string of the molecule is CN1CCCC1CNC(=O)C1CCC(C(=O)O)C1.